The summed E-state index contributed by atoms with van der Waals surface area (Å²) in [6, 6.07) is 6.35. The van der Waals surface area contributed by atoms with Crippen LogP contribution in [0.5, 0.6) is 5.75 Å². The Bertz CT molecular complexity index is 594. The Hall–Kier alpha value is -2.01. The molecule has 5 nitrogen and oxygen atoms in total. The van der Waals surface area contributed by atoms with Crippen molar-refractivity contribution < 1.29 is 4.74 Å². The summed E-state index contributed by atoms with van der Waals surface area (Å²) in [5, 5.41) is 3.29. The first-order valence-electron chi connectivity index (χ1n) is 7.10. The maximum Gasteiger partial charge on any atom is 0.127 e. The lowest BCUT2D eigenvalue weighted by Crippen LogP contribution is -2.23. The van der Waals surface area contributed by atoms with Crippen molar-refractivity contribution in [2.45, 2.75) is 19.5 Å². The topological polar surface area (TPSA) is 42.3 Å². The molecule has 1 aromatic carbocycles. The SMILES string of the molecule is CNC(C)c1c(OC)cccc1N(C)Cc1nccn1C. The maximum absolute atomic E-state index is 5.53. The molecule has 2 aromatic rings. The molecule has 5 heteroatoms. The fraction of sp³-hybridized carbons (Fsp3) is 0.438. The second kappa shape index (κ2) is 6.63. The molecule has 0 fully saturated rings. The van der Waals surface area contributed by atoms with E-state index in [1.165, 1.54) is 5.56 Å². The number of anilines is 1. The molecule has 114 valence electrons. The van der Waals surface area contributed by atoms with Crippen LogP contribution in [-0.2, 0) is 13.6 Å². The Morgan fingerprint density at radius 3 is 2.76 bits per heavy atom. The third-order valence-electron chi connectivity index (χ3n) is 3.84. The number of aromatic nitrogens is 2. The fourth-order valence-corrected chi connectivity index (χ4v) is 2.47. The lowest BCUT2D eigenvalue weighted by molar-refractivity contribution is 0.404. The zero-order chi connectivity index (χ0) is 15.4. The summed E-state index contributed by atoms with van der Waals surface area (Å²) in [5.41, 5.74) is 2.32. The molecule has 0 aliphatic heterocycles. The van der Waals surface area contributed by atoms with Crippen LogP contribution in [0.4, 0.5) is 5.69 Å². The van der Waals surface area contributed by atoms with E-state index >= 15 is 0 Å². The van der Waals surface area contributed by atoms with Gasteiger partial charge in [0, 0.05) is 43.8 Å². The van der Waals surface area contributed by atoms with Crippen LogP contribution in [0.3, 0.4) is 0 Å². The van der Waals surface area contributed by atoms with Crippen molar-refractivity contribution in [3.63, 3.8) is 0 Å². The highest BCUT2D eigenvalue weighted by atomic mass is 16.5. The van der Waals surface area contributed by atoms with Crippen molar-refractivity contribution in [1.29, 1.82) is 0 Å². The number of nitrogens with one attached hydrogen (secondary N) is 1. The standard InChI is InChI=1S/C16H24N4O/c1-12(17-2)16-13(7-6-8-14(16)21-5)20(4)11-15-18-9-10-19(15)3/h6-10,12,17H,11H2,1-5H3. The van der Waals surface area contributed by atoms with Gasteiger partial charge in [-0.25, -0.2) is 4.98 Å². The first kappa shape index (κ1) is 15.4. The largest absolute Gasteiger partial charge is 0.496 e. The van der Waals surface area contributed by atoms with Crippen molar-refractivity contribution in [3.8, 4) is 5.75 Å². The highest BCUT2D eigenvalue weighted by Crippen LogP contribution is 2.34. The third kappa shape index (κ3) is 3.19. The molecule has 0 spiro atoms. The molecule has 1 unspecified atom stereocenters. The lowest BCUT2D eigenvalue weighted by Gasteiger charge is -2.26. The first-order valence-corrected chi connectivity index (χ1v) is 7.10. The summed E-state index contributed by atoms with van der Waals surface area (Å²) >= 11 is 0. The second-order valence-corrected chi connectivity index (χ2v) is 5.21. The van der Waals surface area contributed by atoms with Crippen LogP contribution in [0.25, 0.3) is 0 Å². The number of hydrogen-bond acceptors (Lipinski definition) is 4. The molecule has 1 heterocycles. The van der Waals surface area contributed by atoms with Gasteiger partial charge in [-0.2, -0.15) is 0 Å². The Balaban J connectivity index is 2.36. The number of benzene rings is 1. The summed E-state index contributed by atoms with van der Waals surface area (Å²) < 4.78 is 7.57. The summed E-state index contributed by atoms with van der Waals surface area (Å²) in [7, 11) is 7.76. The van der Waals surface area contributed by atoms with E-state index in [4.69, 9.17) is 4.74 Å². The van der Waals surface area contributed by atoms with Gasteiger partial charge in [0.15, 0.2) is 0 Å². The Labute approximate surface area is 126 Å². The van der Waals surface area contributed by atoms with Gasteiger partial charge < -0.3 is 19.5 Å². The van der Waals surface area contributed by atoms with E-state index < -0.39 is 0 Å². The molecule has 0 amide bonds. The van der Waals surface area contributed by atoms with Crippen LogP contribution < -0.4 is 15.0 Å². The molecule has 1 N–H and O–H groups in total. The van der Waals surface area contributed by atoms with E-state index in [9.17, 15) is 0 Å². The van der Waals surface area contributed by atoms with Crippen molar-refractivity contribution >= 4 is 5.69 Å². The molecular formula is C16H24N4O. The maximum atomic E-state index is 5.53. The highest BCUT2D eigenvalue weighted by Gasteiger charge is 2.18. The number of rotatable bonds is 6. The number of hydrogen-bond donors (Lipinski definition) is 1. The monoisotopic (exact) mass is 288 g/mol. The number of aryl methyl sites for hydroxylation is 1. The zero-order valence-corrected chi connectivity index (χ0v) is 13.4. The van der Waals surface area contributed by atoms with Gasteiger partial charge in [0.05, 0.1) is 13.7 Å². The van der Waals surface area contributed by atoms with Gasteiger partial charge in [0.1, 0.15) is 11.6 Å². The van der Waals surface area contributed by atoms with Crippen LogP contribution in [0.2, 0.25) is 0 Å². The Morgan fingerprint density at radius 2 is 2.19 bits per heavy atom. The van der Waals surface area contributed by atoms with Crippen LogP contribution in [0, 0.1) is 0 Å². The van der Waals surface area contributed by atoms with E-state index in [2.05, 4.69) is 35.2 Å². The molecule has 0 saturated carbocycles. The van der Waals surface area contributed by atoms with Crippen LogP contribution in [0.1, 0.15) is 24.4 Å². The van der Waals surface area contributed by atoms with Crippen molar-refractivity contribution in [3.05, 3.63) is 42.0 Å². The van der Waals surface area contributed by atoms with Crippen LogP contribution in [-0.4, -0.2) is 30.8 Å². The van der Waals surface area contributed by atoms with E-state index in [1.807, 2.05) is 43.2 Å². The summed E-state index contributed by atoms with van der Waals surface area (Å²) in [6.45, 7) is 2.88. The normalized spacial score (nSPS) is 12.2. The van der Waals surface area contributed by atoms with Gasteiger partial charge in [0.25, 0.3) is 0 Å². The zero-order valence-electron chi connectivity index (χ0n) is 13.4. The summed E-state index contributed by atoms with van der Waals surface area (Å²) in [4.78, 5) is 6.60. The predicted octanol–water partition coefficient (Wildman–Crippen LogP) is 2.35. The minimum absolute atomic E-state index is 0.208. The minimum Gasteiger partial charge on any atom is -0.496 e. The van der Waals surface area contributed by atoms with Gasteiger partial charge in [-0.15, -0.1) is 0 Å². The molecule has 0 saturated heterocycles. The van der Waals surface area contributed by atoms with Gasteiger partial charge in [-0.1, -0.05) is 6.07 Å². The highest BCUT2D eigenvalue weighted by molar-refractivity contribution is 5.60. The van der Waals surface area contributed by atoms with Crippen LogP contribution >= 0.6 is 0 Å². The molecule has 0 radical (unpaired) electrons. The van der Waals surface area contributed by atoms with Crippen molar-refractivity contribution in [1.82, 2.24) is 14.9 Å². The first-order chi connectivity index (χ1) is 10.1. The smallest absolute Gasteiger partial charge is 0.127 e. The fourth-order valence-electron chi connectivity index (χ4n) is 2.47. The van der Waals surface area contributed by atoms with E-state index in [0.29, 0.717) is 0 Å². The molecular weight excluding hydrogens is 264 g/mol. The Kier molecular flexibility index (Phi) is 4.85. The van der Waals surface area contributed by atoms with Gasteiger partial charge in [-0.05, 0) is 26.1 Å². The quantitative estimate of drug-likeness (QED) is 0.886. The van der Waals surface area contributed by atoms with Crippen molar-refractivity contribution in [2.24, 2.45) is 7.05 Å². The molecule has 2 rings (SSSR count). The van der Waals surface area contributed by atoms with E-state index in [-0.39, 0.29) is 6.04 Å². The molecule has 0 bridgehead atoms. The predicted molar refractivity (Wildman–Crippen MR) is 85.8 cm³/mol. The van der Waals surface area contributed by atoms with E-state index in [0.717, 1.165) is 23.8 Å². The van der Waals surface area contributed by atoms with Gasteiger partial charge in [-0.3, -0.25) is 0 Å². The number of imidazole rings is 1. The lowest BCUT2D eigenvalue weighted by atomic mass is 10.0. The Morgan fingerprint density at radius 1 is 1.43 bits per heavy atom. The molecule has 0 aliphatic rings. The summed E-state index contributed by atoms with van der Waals surface area (Å²) in [5.74, 6) is 1.93. The van der Waals surface area contributed by atoms with Crippen molar-refractivity contribution in [2.75, 3.05) is 26.1 Å². The number of ether oxygens (including phenoxy) is 1. The van der Waals surface area contributed by atoms with Crippen LogP contribution in [0.15, 0.2) is 30.6 Å². The third-order valence-corrected chi connectivity index (χ3v) is 3.84. The average Bonchev–Trinajstić information content (AvgIpc) is 2.90. The van der Waals surface area contributed by atoms with Gasteiger partial charge >= 0.3 is 0 Å². The number of methoxy groups -OCH3 is 1. The van der Waals surface area contributed by atoms with Gasteiger partial charge in [0.2, 0.25) is 0 Å². The molecule has 21 heavy (non-hydrogen) atoms. The second-order valence-electron chi connectivity index (χ2n) is 5.21. The molecule has 1 atom stereocenters. The summed E-state index contributed by atoms with van der Waals surface area (Å²) in [6.07, 6.45) is 3.79. The number of nitrogens with zero attached hydrogens (tertiary/aromatic N) is 3. The molecule has 1 aromatic heterocycles. The minimum atomic E-state index is 0.208. The van der Waals surface area contributed by atoms with E-state index in [1.54, 1.807) is 7.11 Å². The molecule has 0 aliphatic carbocycles. The average molecular weight is 288 g/mol.